The van der Waals surface area contributed by atoms with Gasteiger partial charge in [-0.2, -0.15) is 0 Å². The molecule has 2 aromatic rings. The molecule has 0 saturated carbocycles. The van der Waals surface area contributed by atoms with Crippen molar-refractivity contribution >= 4 is 23.2 Å². The summed E-state index contributed by atoms with van der Waals surface area (Å²) in [5, 5.41) is 4.67. The Bertz CT molecular complexity index is 808. The summed E-state index contributed by atoms with van der Waals surface area (Å²) in [6, 6.07) is 7.94. The van der Waals surface area contributed by atoms with Gasteiger partial charge in [0, 0.05) is 37.8 Å². The first-order chi connectivity index (χ1) is 13.7. The van der Waals surface area contributed by atoms with Crippen LogP contribution in [0.4, 0.5) is 0 Å². The van der Waals surface area contributed by atoms with E-state index in [1.54, 1.807) is 0 Å². The third-order valence-corrected chi connectivity index (χ3v) is 6.44. The third kappa shape index (κ3) is 4.80. The van der Waals surface area contributed by atoms with E-state index in [1.165, 1.54) is 43.5 Å². The number of aromatic nitrogens is 1. The molecular formula is C22H27Cl2N3O. The van der Waals surface area contributed by atoms with Crippen LogP contribution < -0.4 is 10.1 Å². The van der Waals surface area contributed by atoms with E-state index in [9.17, 15) is 0 Å². The number of fused-ring (bicyclic) bond motifs is 1. The SMILES string of the molecule is Clc1ccc([C@H]2CNCc3cc(OCCCN4CCCCC4)ncc32)cc1Cl. The minimum absolute atomic E-state index is 0.221. The second kappa shape index (κ2) is 9.45. The number of nitrogens with zero attached hydrogens (tertiary/aromatic N) is 2. The van der Waals surface area contributed by atoms with Crippen molar-refractivity contribution in [2.75, 3.05) is 32.8 Å². The molecule has 4 nitrogen and oxygen atoms in total. The van der Waals surface area contributed by atoms with Crippen LogP contribution in [-0.2, 0) is 6.54 Å². The van der Waals surface area contributed by atoms with Gasteiger partial charge in [0.1, 0.15) is 0 Å². The fourth-order valence-corrected chi connectivity index (χ4v) is 4.47. The van der Waals surface area contributed by atoms with Crippen LogP contribution in [0, 0.1) is 0 Å². The summed E-state index contributed by atoms with van der Waals surface area (Å²) in [6.07, 6.45) is 7.05. The standard InChI is InChI=1S/C22H27Cl2N3O/c23-20-6-5-16(11-21(20)24)18-14-25-13-17-12-22(26-15-19(17)18)28-10-4-9-27-7-2-1-3-8-27/h5-6,11-12,15,18,25H,1-4,7-10,13-14H2/t18-/m1/s1. The molecule has 4 rings (SSSR count). The molecule has 1 saturated heterocycles. The summed E-state index contributed by atoms with van der Waals surface area (Å²) < 4.78 is 5.93. The van der Waals surface area contributed by atoms with E-state index >= 15 is 0 Å². The van der Waals surface area contributed by atoms with Crippen LogP contribution in [0.3, 0.4) is 0 Å². The first kappa shape index (κ1) is 20.0. The van der Waals surface area contributed by atoms with Crippen molar-refractivity contribution in [1.29, 1.82) is 0 Å². The maximum absolute atomic E-state index is 6.22. The average Bonchev–Trinajstić information content (AvgIpc) is 2.73. The van der Waals surface area contributed by atoms with Gasteiger partial charge in [-0.05, 0) is 61.2 Å². The fourth-order valence-electron chi connectivity index (χ4n) is 4.17. The maximum Gasteiger partial charge on any atom is 0.213 e. The lowest BCUT2D eigenvalue weighted by molar-refractivity contribution is 0.203. The molecule has 0 aliphatic carbocycles. The van der Waals surface area contributed by atoms with Gasteiger partial charge in [0.05, 0.1) is 16.7 Å². The van der Waals surface area contributed by atoms with Crippen molar-refractivity contribution in [3.8, 4) is 5.88 Å². The molecule has 0 bridgehead atoms. The summed E-state index contributed by atoms with van der Waals surface area (Å²) in [7, 11) is 0. The number of halogens is 2. The first-order valence-corrected chi connectivity index (χ1v) is 11.0. The van der Waals surface area contributed by atoms with Crippen LogP contribution in [0.15, 0.2) is 30.5 Å². The quantitative estimate of drug-likeness (QED) is 0.676. The highest BCUT2D eigenvalue weighted by atomic mass is 35.5. The number of rotatable bonds is 6. The third-order valence-electron chi connectivity index (χ3n) is 5.70. The molecule has 0 amide bonds. The van der Waals surface area contributed by atoms with Gasteiger partial charge in [-0.25, -0.2) is 4.98 Å². The van der Waals surface area contributed by atoms with E-state index < -0.39 is 0 Å². The van der Waals surface area contributed by atoms with Crippen LogP contribution in [0.5, 0.6) is 5.88 Å². The number of benzene rings is 1. The van der Waals surface area contributed by atoms with Crippen molar-refractivity contribution in [2.24, 2.45) is 0 Å². The predicted octanol–water partition coefficient (Wildman–Crippen LogP) is 4.88. The molecule has 1 aromatic heterocycles. The van der Waals surface area contributed by atoms with E-state index in [2.05, 4.69) is 21.3 Å². The fraction of sp³-hybridized carbons (Fsp3) is 0.500. The zero-order valence-corrected chi connectivity index (χ0v) is 17.6. The Morgan fingerprint density at radius 2 is 1.96 bits per heavy atom. The number of hydrogen-bond donors (Lipinski definition) is 1. The molecule has 0 spiro atoms. The van der Waals surface area contributed by atoms with Gasteiger partial charge in [-0.1, -0.05) is 35.7 Å². The molecule has 2 aliphatic rings. The van der Waals surface area contributed by atoms with Crippen molar-refractivity contribution in [2.45, 2.75) is 38.1 Å². The van der Waals surface area contributed by atoms with Crippen molar-refractivity contribution in [3.63, 3.8) is 0 Å². The number of pyridine rings is 1. The zero-order valence-electron chi connectivity index (χ0n) is 16.1. The highest BCUT2D eigenvalue weighted by Crippen LogP contribution is 2.34. The summed E-state index contributed by atoms with van der Waals surface area (Å²) in [6.45, 7) is 6.00. The lowest BCUT2D eigenvalue weighted by atomic mass is 9.87. The van der Waals surface area contributed by atoms with Crippen LogP contribution in [0.2, 0.25) is 10.0 Å². The van der Waals surface area contributed by atoms with E-state index in [0.29, 0.717) is 22.5 Å². The van der Waals surface area contributed by atoms with Gasteiger partial charge in [-0.3, -0.25) is 0 Å². The van der Waals surface area contributed by atoms with Crippen LogP contribution in [-0.4, -0.2) is 42.7 Å². The summed E-state index contributed by atoms with van der Waals surface area (Å²) in [4.78, 5) is 7.11. The Morgan fingerprint density at radius 1 is 1.11 bits per heavy atom. The lowest BCUT2D eigenvalue weighted by Gasteiger charge is -2.27. The molecule has 150 valence electrons. The highest BCUT2D eigenvalue weighted by molar-refractivity contribution is 6.42. The van der Waals surface area contributed by atoms with Crippen LogP contribution in [0.25, 0.3) is 0 Å². The summed E-state index contributed by atoms with van der Waals surface area (Å²) >= 11 is 12.3. The monoisotopic (exact) mass is 419 g/mol. The number of ether oxygens (including phenoxy) is 1. The molecule has 1 N–H and O–H groups in total. The van der Waals surface area contributed by atoms with Crippen LogP contribution in [0.1, 0.15) is 48.3 Å². The molecule has 1 atom stereocenters. The van der Waals surface area contributed by atoms with Crippen LogP contribution >= 0.6 is 23.2 Å². The maximum atomic E-state index is 6.22. The molecular weight excluding hydrogens is 393 g/mol. The minimum Gasteiger partial charge on any atom is -0.478 e. The minimum atomic E-state index is 0.221. The van der Waals surface area contributed by atoms with Gasteiger partial charge in [0.15, 0.2) is 0 Å². The Labute approximate surface area is 177 Å². The average molecular weight is 420 g/mol. The molecule has 3 heterocycles. The molecule has 6 heteroatoms. The van der Waals surface area contributed by atoms with Gasteiger partial charge in [0.25, 0.3) is 0 Å². The number of piperidine rings is 1. The second-order valence-corrected chi connectivity index (χ2v) is 8.50. The summed E-state index contributed by atoms with van der Waals surface area (Å²) in [5.41, 5.74) is 3.63. The molecule has 28 heavy (non-hydrogen) atoms. The molecule has 1 fully saturated rings. The van der Waals surface area contributed by atoms with Crippen molar-refractivity contribution in [3.05, 3.63) is 57.2 Å². The van der Waals surface area contributed by atoms with E-state index in [1.807, 2.05) is 24.4 Å². The normalized spacial score (nSPS) is 20.0. The zero-order chi connectivity index (χ0) is 19.3. The van der Waals surface area contributed by atoms with Gasteiger partial charge in [-0.15, -0.1) is 0 Å². The number of hydrogen-bond acceptors (Lipinski definition) is 4. The van der Waals surface area contributed by atoms with Crippen molar-refractivity contribution in [1.82, 2.24) is 15.2 Å². The van der Waals surface area contributed by atoms with Gasteiger partial charge >= 0.3 is 0 Å². The van der Waals surface area contributed by atoms with E-state index in [0.717, 1.165) is 31.6 Å². The molecule has 1 aromatic carbocycles. The summed E-state index contributed by atoms with van der Waals surface area (Å²) in [5.74, 6) is 0.938. The Morgan fingerprint density at radius 3 is 2.79 bits per heavy atom. The molecule has 0 unspecified atom stereocenters. The lowest BCUT2D eigenvalue weighted by Crippen LogP contribution is -2.31. The number of likely N-dealkylation sites (tertiary alicyclic amines) is 1. The van der Waals surface area contributed by atoms with E-state index in [4.69, 9.17) is 27.9 Å². The Hall–Kier alpha value is -1.33. The molecule has 0 radical (unpaired) electrons. The highest BCUT2D eigenvalue weighted by Gasteiger charge is 2.23. The topological polar surface area (TPSA) is 37.4 Å². The molecule has 2 aliphatic heterocycles. The first-order valence-electron chi connectivity index (χ1n) is 10.2. The van der Waals surface area contributed by atoms with Crippen molar-refractivity contribution < 1.29 is 4.74 Å². The number of nitrogens with one attached hydrogen (secondary N) is 1. The van der Waals surface area contributed by atoms with Gasteiger partial charge < -0.3 is 15.0 Å². The largest absolute Gasteiger partial charge is 0.478 e. The van der Waals surface area contributed by atoms with Gasteiger partial charge in [0.2, 0.25) is 5.88 Å². The van der Waals surface area contributed by atoms with E-state index in [-0.39, 0.29) is 5.92 Å². The Balaban J connectivity index is 1.38. The predicted molar refractivity (Wildman–Crippen MR) is 115 cm³/mol. The smallest absolute Gasteiger partial charge is 0.213 e. The second-order valence-electron chi connectivity index (χ2n) is 7.68. The Kier molecular flexibility index (Phi) is 6.73.